The normalized spacial score (nSPS) is 19.4. The number of benzene rings is 1. The first-order chi connectivity index (χ1) is 9.74. The lowest BCUT2D eigenvalue weighted by molar-refractivity contribution is 0.0734. The lowest BCUT2D eigenvalue weighted by Crippen LogP contribution is -2.35. The fourth-order valence-electron chi connectivity index (χ4n) is 2.24. The summed E-state index contributed by atoms with van der Waals surface area (Å²) in [5, 5.41) is 7.36. The Kier molecular flexibility index (Phi) is 3.80. The van der Waals surface area contributed by atoms with Crippen molar-refractivity contribution >= 4 is 0 Å². The van der Waals surface area contributed by atoms with E-state index in [2.05, 4.69) is 41.4 Å². The van der Waals surface area contributed by atoms with Gasteiger partial charge in [-0.15, -0.1) is 0 Å². The second-order valence-corrected chi connectivity index (χ2v) is 5.32. The van der Waals surface area contributed by atoms with Crippen molar-refractivity contribution in [3.8, 4) is 11.5 Å². The first-order valence-electron chi connectivity index (χ1n) is 6.99. The van der Waals surface area contributed by atoms with Gasteiger partial charge < -0.3 is 14.6 Å². The largest absolute Gasteiger partial charge is 0.378 e. The number of hydrogen-bond acceptors (Lipinski definition) is 5. The molecule has 20 heavy (non-hydrogen) atoms. The third kappa shape index (κ3) is 2.73. The first-order valence-corrected chi connectivity index (χ1v) is 6.99. The van der Waals surface area contributed by atoms with Gasteiger partial charge in [0.1, 0.15) is 0 Å². The zero-order chi connectivity index (χ0) is 13.9. The molecule has 1 saturated heterocycles. The fraction of sp³-hybridized carbons (Fsp3) is 0.467. The Morgan fingerprint density at radius 2 is 2.05 bits per heavy atom. The van der Waals surface area contributed by atoms with Crippen molar-refractivity contribution < 1.29 is 9.26 Å². The van der Waals surface area contributed by atoms with Crippen LogP contribution in [0.25, 0.3) is 11.5 Å². The molecule has 0 bridgehead atoms. The second-order valence-electron chi connectivity index (χ2n) is 5.32. The van der Waals surface area contributed by atoms with Gasteiger partial charge in [-0.1, -0.05) is 31.1 Å². The molecule has 3 rings (SSSR count). The minimum Gasteiger partial charge on any atom is -0.378 e. The average Bonchev–Trinajstić information content (AvgIpc) is 2.98. The van der Waals surface area contributed by atoms with Gasteiger partial charge in [0, 0.05) is 12.1 Å². The lowest BCUT2D eigenvalue weighted by Gasteiger charge is -2.20. The van der Waals surface area contributed by atoms with Gasteiger partial charge in [0.15, 0.2) is 5.82 Å². The predicted molar refractivity (Wildman–Crippen MR) is 75.4 cm³/mol. The number of aromatic nitrogens is 2. The minimum atomic E-state index is 0.0242. The number of nitrogens with zero attached hydrogens (tertiary/aromatic N) is 2. The molecule has 5 nitrogen and oxygen atoms in total. The summed E-state index contributed by atoms with van der Waals surface area (Å²) < 4.78 is 10.8. The smallest absolute Gasteiger partial charge is 0.257 e. The van der Waals surface area contributed by atoms with E-state index in [9.17, 15) is 0 Å². The molecule has 1 aromatic carbocycles. The summed E-state index contributed by atoms with van der Waals surface area (Å²) >= 11 is 0. The third-order valence-electron chi connectivity index (χ3n) is 3.50. The van der Waals surface area contributed by atoms with Crippen molar-refractivity contribution in [2.45, 2.75) is 25.8 Å². The van der Waals surface area contributed by atoms with Crippen LogP contribution in [0.5, 0.6) is 0 Å². The van der Waals surface area contributed by atoms with Crippen LogP contribution in [0, 0.1) is 0 Å². The zero-order valence-electron chi connectivity index (χ0n) is 11.8. The van der Waals surface area contributed by atoms with Crippen LogP contribution < -0.4 is 5.32 Å². The average molecular weight is 273 g/mol. The van der Waals surface area contributed by atoms with Crippen molar-refractivity contribution in [1.29, 1.82) is 0 Å². The Morgan fingerprint density at radius 1 is 1.25 bits per heavy atom. The molecule has 2 aromatic rings. The summed E-state index contributed by atoms with van der Waals surface area (Å²) in [6, 6.07) is 8.28. The Morgan fingerprint density at radius 3 is 2.70 bits per heavy atom. The number of rotatable bonds is 3. The Hall–Kier alpha value is -1.72. The van der Waals surface area contributed by atoms with Gasteiger partial charge in [0.05, 0.1) is 19.3 Å². The van der Waals surface area contributed by atoms with Gasteiger partial charge in [-0.05, 0) is 23.6 Å². The molecule has 1 atom stereocenters. The van der Waals surface area contributed by atoms with E-state index in [1.165, 1.54) is 5.56 Å². The molecule has 1 aromatic heterocycles. The quantitative estimate of drug-likeness (QED) is 0.931. The molecular weight excluding hydrogens is 254 g/mol. The molecular formula is C15H19N3O2. The molecule has 2 heterocycles. The topological polar surface area (TPSA) is 60.2 Å². The van der Waals surface area contributed by atoms with Crippen molar-refractivity contribution in [1.82, 2.24) is 15.5 Å². The Balaban J connectivity index is 1.78. The number of morpholine rings is 1. The Bertz CT molecular complexity index is 557. The summed E-state index contributed by atoms with van der Waals surface area (Å²) in [6.07, 6.45) is 0. The molecule has 0 aliphatic carbocycles. The highest BCUT2D eigenvalue weighted by Gasteiger charge is 2.21. The maximum atomic E-state index is 5.41. The maximum Gasteiger partial charge on any atom is 0.257 e. The molecule has 0 spiro atoms. The highest BCUT2D eigenvalue weighted by molar-refractivity contribution is 5.53. The minimum absolute atomic E-state index is 0.0242. The van der Waals surface area contributed by atoms with Gasteiger partial charge >= 0.3 is 0 Å². The summed E-state index contributed by atoms with van der Waals surface area (Å²) in [7, 11) is 0. The van der Waals surface area contributed by atoms with Crippen LogP contribution >= 0.6 is 0 Å². The van der Waals surface area contributed by atoms with E-state index in [-0.39, 0.29) is 6.04 Å². The Labute approximate surface area is 118 Å². The number of ether oxygens (including phenoxy) is 1. The van der Waals surface area contributed by atoms with Gasteiger partial charge in [0.25, 0.3) is 5.89 Å². The van der Waals surface area contributed by atoms with Crippen LogP contribution in [0.4, 0.5) is 0 Å². The first kappa shape index (κ1) is 13.3. The van der Waals surface area contributed by atoms with Crippen molar-refractivity contribution in [2.24, 2.45) is 0 Å². The second kappa shape index (κ2) is 5.73. The van der Waals surface area contributed by atoms with Crippen molar-refractivity contribution in [3.05, 3.63) is 35.7 Å². The summed E-state index contributed by atoms with van der Waals surface area (Å²) in [6.45, 7) is 6.49. The lowest BCUT2D eigenvalue weighted by atomic mass is 10.0. The summed E-state index contributed by atoms with van der Waals surface area (Å²) in [5.74, 6) is 1.74. The molecule has 106 valence electrons. The third-order valence-corrected chi connectivity index (χ3v) is 3.50. The van der Waals surface area contributed by atoms with E-state index in [0.29, 0.717) is 24.2 Å². The van der Waals surface area contributed by atoms with Crippen LogP contribution in [-0.2, 0) is 4.74 Å². The van der Waals surface area contributed by atoms with Crippen LogP contribution in [-0.4, -0.2) is 29.9 Å². The van der Waals surface area contributed by atoms with E-state index in [1.54, 1.807) is 0 Å². The molecule has 0 saturated carbocycles. The van der Waals surface area contributed by atoms with E-state index >= 15 is 0 Å². The van der Waals surface area contributed by atoms with Crippen molar-refractivity contribution in [3.63, 3.8) is 0 Å². The number of hydrogen-bond donors (Lipinski definition) is 1. The van der Waals surface area contributed by atoms with Crippen LogP contribution in [0.3, 0.4) is 0 Å². The standard InChI is InChI=1S/C15H19N3O2/c1-10(2)11-3-5-12(6-4-11)15-17-14(18-20-15)13-9-19-8-7-16-13/h3-6,10,13,16H,7-9H2,1-2H3. The van der Waals surface area contributed by atoms with Crippen LogP contribution in [0.15, 0.2) is 28.8 Å². The van der Waals surface area contributed by atoms with Gasteiger partial charge in [-0.2, -0.15) is 4.98 Å². The van der Waals surface area contributed by atoms with Crippen LogP contribution in [0.1, 0.15) is 37.2 Å². The van der Waals surface area contributed by atoms with E-state index in [4.69, 9.17) is 9.26 Å². The fourth-order valence-corrected chi connectivity index (χ4v) is 2.24. The predicted octanol–water partition coefficient (Wildman–Crippen LogP) is 2.52. The SMILES string of the molecule is CC(C)c1ccc(-c2nc(C3COCCN3)no2)cc1. The van der Waals surface area contributed by atoms with Crippen molar-refractivity contribution in [2.75, 3.05) is 19.8 Å². The summed E-state index contributed by atoms with van der Waals surface area (Å²) in [4.78, 5) is 4.46. The van der Waals surface area contributed by atoms with Gasteiger partial charge in [-0.3, -0.25) is 0 Å². The van der Waals surface area contributed by atoms with Gasteiger partial charge in [-0.25, -0.2) is 0 Å². The van der Waals surface area contributed by atoms with E-state index in [1.807, 2.05) is 12.1 Å². The van der Waals surface area contributed by atoms with E-state index in [0.717, 1.165) is 18.7 Å². The summed E-state index contributed by atoms with van der Waals surface area (Å²) in [5.41, 5.74) is 2.25. The van der Waals surface area contributed by atoms with E-state index < -0.39 is 0 Å². The zero-order valence-corrected chi connectivity index (χ0v) is 11.8. The maximum absolute atomic E-state index is 5.41. The molecule has 0 radical (unpaired) electrons. The highest BCUT2D eigenvalue weighted by Crippen LogP contribution is 2.23. The molecule has 1 N–H and O–H groups in total. The van der Waals surface area contributed by atoms with Crippen LogP contribution in [0.2, 0.25) is 0 Å². The van der Waals surface area contributed by atoms with Gasteiger partial charge in [0.2, 0.25) is 0 Å². The molecule has 1 aliphatic heterocycles. The molecule has 1 unspecified atom stereocenters. The molecule has 1 fully saturated rings. The highest BCUT2D eigenvalue weighted by atomic mass is 16.5. The monoisotopic (exact) mass is 273 g/mol. The number of nitrogens with one attached hydrogen (secondary N) is 1. The molecule has 1 aliphatic rings. The molecule has 5 heteroatoms. The molecule has 0 amide bonds.